The highest BCUT2D eigenvalue weighted by molar-refractivity contribution is 5.65. The van der Waals surface area contributed by atoms with Gasteiger partial charge in [-0.15, -0.1) is 6.26 Å². The van der Waals surface area contributed by atoms with Crippen molar-refractivity contribution < 1.29 is 9.90 Å². The zero-order valence-electron chi connectivity index (χ0n) is 3.70. The molecule has 0 aromatic heterocycles. The van der Waals surface area contributed by atoms with Gasteiger partial charge in [-0.2, -0.15) is 0 Å². The quantitative estimate of drug-likeness (QED) is 0.204. The molecule has 2 nitrogen and oxygen atoms in total. The van der Waals surface area contributed by atoms with Crippen molar-refractivity contribution in [2.45, 2.75) is 0 Å². The molecule has 0 aromatic carbocycles. The van der Waals surface area contributed by atoms with E-state index in [4.69, 9.17) is 0 Å². The summed E-state index contributed by atoms with van der Waals surface area (Å²) in [5.74, 6) is 0. The molecule has 0 spiro atoms. The molecule has 0 heterocycles. The smallest absolute Gasteiger partial charge is 0.142 e. The molecule has 0 radical (unpaired) electrons. The van der Waals surface area contributed by atoms with Crippen molar-refractivity contribution in [1.29, 1.82) is 0 Å². The molecular formula is C5H5O2-. The van der Waals surface area contributed by atoms with Gasteiger partial charge < -0.3 is 5.11 Å². The molecule has 0 unspecified atom stereocenters. The van der Waals surface area contributed by atoms with Gasteiger partial charge in [0.1, 0.15) is 6.29 Å². The maximum Gasteiger partial charge on any atom is 0.142 e. The van der Waals surface area contributed by atoms with Gasteiger partial charge in [-0.3, -0.25) is 4.79 Å². The third kappa shape index (κ3) is 4.95. The Balaban J connectivity index is 3.27. The second kappa shape index (κ2) is 4.95. The van der Waals surface area contributed by atoms with Gasteiger partial charge in [-0.05, 0) is 6.08 Å². The Morgan fingerprint density at radius 2 is 1.86 bits per heavy atom. The van der Waals surface area contributed by atoms with Gasteiger partial charge in [0.25, 0.3) is 0 Å². The summed E-state index contributed by atoms with van der Waals surface area (Å²) in [5.41, 5.74) is 0. The predicted octanol–water partition coefficient (Wildman–Crippen LogP) is -0.385. The molecule has 2 heteroatoms. The van der Waals surface area contributed by atoms with Gasteiger partial charge in [0.05, 0.1) is 0 Å². The highest BCUT2D eigenvalue weighted by Crippen LogP contribution is 1.66. The molecule has 38 valence electrons. The fourth-order valence-corrected chi connectivity index (χ4v) is 0.155. The molecular weight excluding hydrogens is 92.1 g/mol. The van der Waals surface area contributed by atoms with Gasteiger partial charge in [-0.1, -0.05) is 12.2 Å². The van der Waals surface area contributed by atoms with Crippen LogP contribution in [0.3, 0.4) is 0 Å². The molecule has 0 fully saturated rings. The van der Waals surface area contributed by atoms with E-state index in [2.05, 4.69) is 0 Å². The number of carbonyl (C=O) groups excluding carboxylic acids is 1. The highest BCUT2D eigenvalue weighted by Gasteiger charge is 1.53. The van der Waals surface area contributed by atoms with Crippen molar-refractivity contribution in [3.05, 3.63) is 24.5 Å². The van der Waals surface area contributed by atoms with E-state index in [1.807, 2.05) is 0 Å². The van der Waals surface area contributed by atoms with E-state index in [0.717, 1.165) is 0 Å². The summed E-state index contributed by atoms with van der Waals surface area (Å²) in [5, 5.41) is 9.46. The van der Waals surface area contributed by atoms with Crippen LogP contribution in [0, 0.1) is 0 Å². The third-order valence-electron chi connectivity index (χ3n) is 0.379. The maximum atomic E-state index is 9.46. The molecule has 0 N–H and O–H groups in total. The summed E-state index contributed by atoms with van der Waals surface area (Å²) in [6.07, 6.45) is 5.09. The average Bonchev–Trinajstić information content (AvgIpc) is 1.69. The second-order valence-corrected chi connectivity index (χ2v) is 0.850. The first-order valence-corrected chi connectivity index (χ1v) is 1.80. The summed E-state index contributed by atoms with van der Waals surface area (Å²) < 4.78 is 0. The lowest BCUT2D eigenvalue weighted by Gasteiger charge is -1.79. The normalized spacial score (nSPS) is 10.9. The number of rotatable bonds is 2. The number of aldehydes is 1. The van der Waals surface area contributed by atoms with E-state index < -0.39 is 0 Å². The fraction of sp³-hybridized carbons (Fsp3) is 0. The molecule has 0 bridgehead atoms. The van der Waals surface area contributed by atoms with Crippen molar-refractivity contribution in [2.75, 3.05) is 0 Å². The van der Waals surface area contributed by atoms with Gasteiger partial charge >= 0.3 is 0 Å². The van der Waals surface area contributed by atoms with E-state index in [9.17, 15) is 9.90 Å². The lowest BCUT2D eigenvalue weighted by molar-refractivity contribution is -0.274. The van der Waals surface area contributed by atoms with Gasteiger partial charge in [0.15, 0.2) is 0 Å². The largest absolute Gasteiger partial charge is 0.878 e. The van der Waals surface area contributed by atoms with Crippen LogP contribution in [0.5, 0.6) is 0 Å². The average molecular weight is 97.1 g/mol. The molecule has 0 atom stereocenters. The minimum absolute atomic E-state index is 0.611. The van der Waals surface area contributed by atoms with Crippen molar-refractivity contribution in [3.63, 3.8) is 0 Å². The van der Waals surface area contributed by atoms with Crippen molar-refractivity contribution in [1.82, 2.24) is 0 Å². The van der Waals surface area contributed by atoms with E-state index in [0.29, 0.717) is 12.5 Å². The minimum Gasteiger partial charge on any atom is -0.878 e. The van der Waals surface area contributed by atoms with E-state index in [1.54, 1.807) is 0 Å². The summed E-state index contributed by atoms with van der Waals surface area (Å²) in [4.78, 5) is 9.46. The first kappa shape index (κ1) is 5.95. The van der Waals surface area contributed by atoms with E-state index >= 15 is 0 Å². The topological polar surface area (TPSA) is 40.1 Å². The Kier molecular flexibility index (Phi) is 4.21. The van der Waals surface area contributed by atoms with Gasteiger partial charge in [0, 0.05) is 0 Å². The first-order valence-electron chi connectivity index (χ1n) is 1.80. The fourth-order valence-electron chi connectivity index (χ4n) is 0.155. The van der Waals surface area contributed by atoms with Crippen LogP contribution in [-0.2, 0) is 4.79 Å². The number of hydrogen-bond donors (Lipinski definition) is 0. The number of allylic oxidation sites excluding steroid dienone is 3. The van der Waals surface area contributed by atoms with Crippen LogP contribution < -0.4 is 5.11 Å². The van der Waals surface area contributed by atoms with E-state index in [-0.39, 0.29) is 0 Å². The summed E-state index contributed by atoms with van der Waals surface area (Å²) in [7, 11) is 0. The van der Waals surface area contributed by atoms with Crippen LogP contribution in [-0.4, -0.2) is 6.29 Å². The Morgan fingerprint density at radius 1 is 1.14 bits per heavy atom. The van der Waals surface area contributed by atoms with Crippen LogP contribution >= 0.6 is 0 Å². The lowest BCUT2D eigenvalue weighted by Crippen LogP contribution is -1.82. The Bertz CT molecular complexity index is 92.3. The minimum atomic E-state index is 0.611. The highest BCUT2D eigenvalue weighted by atomic mass is 16.2. The standard InChI is InChI=1S/C5H6O2/c6-4-2-1-3-5-7/h1-6H/p-1. The monoisotopic (exact) mass is 97.0 g/mol. The molecule has 0 aliphatic carbocycles. The number of carbonyl (C=O) groups is 1. The van der Waals surface area contributed by atoms with Crippen molar-refractivity contribution in [3.8, 4) is 0 Å². The molecule has 0 aliphatic heterocycles. The van der Waals surface area contributed by atoms with Crippen LogP contribution in [0.2, 0.25) is 0 Å². The van der Waals surface area contributed by atoms with Crippen LogP contribution in [0.1, 0.15) is 0 Å². The van der Waals surface area contributed by atoms with Crippen molar-refractivity contribution >= 4 is 6.29 Å². The van der Waals surface area contributed by atoms with Crippen molar-refractivity contribution in [2.24, 2.45) is 0 Å². The third-order valence-corrected chi connectivity index (χ3v) is 0.379. The molecule has 0 amide bonds. The SMILES string of the molecule is O=CC=CC=C[O-]. The summed E-state index contributed by atoms with van der Waals surface area (Å²) >= 11 is 0. The van der Waals surface area contributed by atoms with Gasteiger partial charge in [-0.25, -0.2) is 0 Å². The zero-order valence-corrected chi connectivity index (χ0v) is 3.70. The molecule has 7 heavy (non-hydrogen) atoms. The zero-order chi connectivity index (χ0) is 5.54. The summed E-state index contributed by atoms with van der Waals surface area (Å²) in [6, 6.07) is 0. The van der Waals surface area contributed by atoms with Gasteiger partial charge in [0.2, 0.25) is 0 Å². The lowest BCUT2D eigenvalue weighted by atomic mass is 10.5. The predicted molar refractivity (Wildman–Crippen MR) is 24.3 cm³/mol. The molecule has 0 saturated carbocycles. The first-order chi connectivity index (χ1) is 3.41. The van der Waals surface area contributed by atoms with Crippen LogP contribution in [0.4, 0.5) is 0 Å². The second-order valence-electron chi connectivity index (χ2n) is 0.850. The Morgan fingerprint density at radius 3 is 2.29 bits per heavy atom. The summed E-state index contributed by atoms with van der Waals surface area (Å²) in [6.45, 7) is 0. The van der Waals surface area contributed by atoms with Crippen LogP contribution in [0.25, 0.3) is 0 Å². The Labute approximate surface area is 41.8 Å². The molecule has 0 aliphatic rings. The maximum absolute atomic E-state index is 9.46. The molecule has 0 saturated heterocycles. The van der Waals surface area contributed by atoms with Crippen LogP contribution in [0.15, 0.2) is 24.5 Å². The number of hydrogen-bond acceptors (Lipinski definition) is 2. The molecule has 0 aromatic rings. The Hall–Kier alpha value is -1.05. The molecule has 0 rings (SSSR count). The van der Waals surface area contributed by atoms with E-state index in [1.165, 1.54) is 18.2 Å².